The maximum Gasteiger partial charge on any atom is 0.245 e. The molecule has 0 aromatic heterocycles. The number of benzene rings is 2. The summed E-state index contributed by atoms with van der Waals surface area (Å²) in [4.78, 5) is 29.9. The molecule has 1 N–H and O–H groups in total. The third-order valence-electron chi connectivity index (χ3n) is 7.21. The van der Waals surface area contributed by atoms with Crippen LogP contribution in [0.2, 0.25) is 5.02 Å². The number of likely N-dealkylation sites (tertiary alicyclic amines) is 1. The molecule has 1 saturated carbocycles. The standard InChI is InChI=1S/C26H31ClN4O4S/c1-18(25(32)31(14-5-13-28)22-6-3-2-4-7-22)30-15-12-24(26(30)33)29-36(34,35)23-11-9-19-16-21(27)10-8-20(19)17-23/h8-11,16-18,22,24,29H,2-7,12,14-15H2,1H3/t18-,24-/m0/s1. The van der Waals surface area contributed by atoms with E-state index >= 15 is 0 Å². The smallest absolute Gasteiger partial charge is 0.245 e. The lowest BCUT2D eigenvalue weighted by molar-refractivity contribution is -0.145. The number of carbonyl (C=O) groups excluding carboxylic acids is 2. The molecule has 2 aromatic carbocycles. The number of nitrogens with zero attached hydrogens (tertiary/aromatic N) is 3. The van der Waals surface area contributed by atoms with Crippen LogP contribution < -0.4 is 4.72 Å². The molecule has 10 heteroatoms. The van der Waals surface area contributed by atoms with Gasteiger partial charge in [0.25, 0.3) is 0 Å². The lowest BCUT2D eigenvalue weighted by atomic mass is 9.93. The van der Waals surface area contributed by atoms with Crippen LogP contribution in [0.5, 0.6) is 0 Å². The summed E-state index contributed by atoms with van der Waals surface area (Å²) >= 11 is 6.01. The Morgan fingerprint density at radius 3 is 2.58 bits per heavy atom. The van der Waals surface area contributed by atoms with Gasteiger partial charge in [-0.2, -0.15) is 9.98 Å². The van der Waals surface area contributed by atoms with E-state index in [0.717, 1.165) is 42.9 Å². The van der Waals surface area contributed by atoms with Crippen LogP contribution in [-0.4, -0.2) is 61.2 Å². The van der Waals surface area contributed by atoms with E-state index in [1.54, 1.807) is 42.2 Å². The van der Waals surface area contributed by atoms with Crippen molar-refractivity contribution in [1.29, 1.82) is 5.26 Å². The van der Waals surface area contributed by atoms with Crippen molar-refractivity contribution in [2.75, 3.05) is 13.1 Å². The summed E-state index contributed by atoms with van der Waals surface area (Å²) in [6.07, 6.45) is 5.55. The molecule has 2 fully saturated rings. The summed E-state index contributed by atoms with van der Waals surface area (Å²) in [7, 11) is -3.95. The second-order valence-corrected chi connectivity index (χ2v) is 11.7. The number of carbonyl (C=O) groups is 2. The molecule has 8 nitrogen and oxygen atoms in total. The fraction of sp³-hybridized carbons (Fsp3) is 0.500. The third kappa shape index (κ3) is 5.66. The molecule has 4 rings (SSSR count). The van der Waals surface area contributed by atoms with Crippen LogP contribution >= 0.6 is 11.6 Å². The van der Waals surface area contributed by atoms with E-state index in [4.69, 9.17) is 16.9 Å². The van der Waals surface area contributed by atoms with E-state index in [1.807, 2.05) is 0 Å². The van der Waals surface area contributed by atoms with Gasteiger partial charge in [-0.05, 0) is 61.2 Å². The molecule has 2 aromatic rings. The molecule has 1 saturated heterocycles. The molecule has 0 bridgehead atoms. The van der Waals surface area contributed by atoms with Crippen LogP contribution in [0.25, 0.3) is 10.8 Å². The highest BCUT2D eigenvalue weighted by Gasteiger charge is 2.41. The van der Waals surface area contributed by atoms with Gasteiger partial charge >= 0.3 is 0 Å². The van der Waals surface area contributed by atoms with Gasteiger partial charge in [-0.15, -0.1) is 0 Å². The van der Waals surface area contributed by atoms with E-state index in [2.05, 4.69) is 10.8 Å². The maximum atomic E-state index is 13.4. The molecule has 0 spiro atoms. The van der Waals surface area contributed by atoms with Crippen molar-refractivity contribution in [3.05, 3.63) is 41.4 Å². The minimum Gasteiger partial charge on any atom is -0.337 e. The Bertz CT molecular complexity index is 1290. The van der Waals surface area contributed by atoms with Crippen molar-refractivity contribution in [3.8, 4) is 6.07 Å². The van der Waals surface area contributed by atoms with Crippen LogP contribution in [0.3, 0.4) is 0 Å². The summed E-state index contributed by atoms with van der Waals surface area (Å²) < 4.78 is 28.7. The Hall–Kier alpha value is -2.67. The van der Waals surface area contributed by atoms with Gasteiger partial charge in [0.1, 0.15) is 12.1 Å². The van der Waals surface area contributed by atoms with Crippen molar-refractivity contribution < 1.29 is 18.0 Å². The predicted octanol–water partition coefficient (Wildman–Crippen LogP) is 3.84. The molecule has 1 heterocycles. The Morgan fingerprint density at radius 2 is 1.86 bits per heavy atom. The lowest BCUT2D eigenvalue weighted by Gasteiger charge is -2.37. The van der Waals surface area contributed by atoms with Crippen molar-refractivity contribution in [1.82, 2.24) is 14.5 Å². The van der Waals surface area contributed by atoms with Crippen LogP contribution in [0.1, 0.15) is 51.9 Å². The number of rotatable bonds is 8. The average molecular weight is 531 g/mol. The molecule has 36 heavy (non-hydrogen) atoms. The maximum absolute atomic E-state index is 13.4. The van der Waals surface area contributed by atoms with Crippen LogP contribution in [-0.2, 0) is 19.6 Å². The minimum absolute atomic E-state index is 0.0627. The van der Waals surface area contributed by atoms with Gasteiger partial charge in [-0.25, -0.2) is 8.42 Å². The number of nitrogens with one attached hydrogen (secondary N) is 1. The topological polar surface area (TPSA) is 111 Å². The van der Waals surface area contributed by atoms with Crippen LogP contribution in [0.15, 0.2) is 41.3 Å². The number of hydrogen-bond acceptors (Lipinski definition) is 5. The zero-order valence-corrected chi connectivity index (χ0v) is 21.9. The third-order valence-corrected chi connectivity index (χ3v) is 8.91. The van der Waals surface area contributed by atoms with Crippen molar-refractivity contribution in [2.45, 2.75) is 74.9 Å². The van der Waals surface area contributed by atoms with E-state index < -0.39 is 28.0 Å². The molecule has 1 aliphatic heterocycles. The minimum atomic E-state index is -3.95. The summed E-state index contributed by atoms with van der Waals surface area (Å²) in [6.45, 7) is 2.31. The van der Waals surface area contributed by atoms with Crippen molar-refractivity contribution in [3.63, 3.8) is 0 Å². The monoisotopic (exact) mass is 530 g/mol. The summed E-state index contributed by atoms with van der Waals surface area (Å²) in [5.74, 6) is -0.585. The first kappa shape index (κ1) is 26.4. The van der Waals surface area contributed by atoms with Gasteiger partial charge in [0, 0.05) is 24.2 Å². The Kier molecular flexibility index (Phi) is 8.18. The Balaban J connectivity index is 1.46. The number of amides is 2. The number of fused-ring (bicyclic) bond motifs is 1. The molecule has 2 aliphatic rings. The second kappa shape index (κ2) is 11.2. The Labute approximate surface area is 217 Å². The lowest BCUT2D eigenvalue weighted by Crippen LogP contribution is -2.53. The zero-order valence-electron chi connectivity index (χ0n) is 20.3. The SMILES string of the molecule is C[C@@H](C(=O)N(CCC#N)C1CCCCC1)N1CC[C@H](NS(=O)(=O)c2ccc3cc(Cl)ccc3c2)C1=O. The molecule has 192 valence electrons. The molecular weight excluding hydrogens is 500 g/mol. The number of sulfonamides is 1. The zero-order chi connectivity index (χ0) is 25.9. The van der Waals surface area contributed by atoms with E-state index in [-0.39, 0.29) is 36.2 Å². The van der Waals surface area contributed by atoms with Crippen molar-refractivity contribution in [2.24, 2.45) is 0 Å². The van der Waals surface area contributed by atoms with E-state index in [1.165, 1.54) is 11.0 Å². The van der Waals surface area contributed by atoms with Gasteiger partial charge in [-0.1, -0.05) is 43.0 Å². The average Bonchev–Trinajstić information content (AvgIpc) is 3.23. The van der Waals surface area contributed by atoms with Gasteiger partial charge in [-0.3, -0.25) is 9.59 Å². The summed E-state index contributed by atoms with van der Waals surface area (Å²) in [6, 6.07) is 10.4. The fourth-order valence-electron chi connectivity index (χ4n) is 5.22. The molecular formula is C26H31ClN4O4S. The summed E-state index contributed by atoms with van der Waals surface area (Å²) in [5, 5.41) is 11.2. The molecule has 1 aliphatic carbocycles. The predicted molar refractivity (Wildman–Crippen MR) is 138 cm³/mol. The highest BCUT2D eigenvalue weighted by molar-refractivity contribution is 7.89. The van der Waals surface area contributed by atoms with Gasteiger partial charge in [0.15, 0.2) is 0 Å². The first-order valence-corrected chi connectivity index (χ1v) is 14.3. The Morgan fingerprint density at radius 1 is 1.17 bits per heavy atom. The molecule has 0 radical (unpaired) electrons. The van der Waals surface area contributed by atoms with Crippen LogP contribution in [0, 0.1) is 11.3 Å². The van der Waals surface area contributed by atoms with Gasteiger partial charge < -0.3 is 9.80 Å². The van der Waals surface area contributed by atoms with E-state index in [0.29, 0.717) is 11.6 Å². The second-order valence-electron chi connectivity index (χ2n) is 9.56. The molecule has 0 unspecified atom stereocenters. The first-order chi connectivity index (χ1) is 17.2. The van der Waals surface area contributed by atoms with Crippen LogP contribution in [0.4, 0.5) is 0 Å². The number of nitriles is 1. The van der Waals surface area contributed by atoms with Gasteiger partial charge in [0.05, 0.1) is 17.4 Å². The normalized spacial score (nSPS) is 19.9. The van der Waals surface area contributed by atoms with E-state index in [9.17, 15) is 18.0 Å². The molecule has 2 amide bonds. The van der Waals surface area contributed by atoms with Crippen molar-refractivity contribution >= 4 is 44.2 Å². The quantitative estimate of drug-likeness (QED) is 0.557. The highest BCUT2D eigenvalue weighted by Crippen LogP contribution is 2.26. The van der Waals surface area contributed by atoms with Gasteiger partial charge in [0.2, 0.25) is 21.8 Å². The highest BCUT2D eigenvalue weighted by atomic mass is 35.5. The number of halogens is 1. The largest absolute Gasteiger partial charge is 0.337 e. The first-order valence-electron chi connectivity index (χ1n) is 12.4. The molecule has 2 atom stereocenters. The fourth-order valence-corrected chi connectivity index (χ4v) is 6.66. The number of hydrogen-bond donors (Lipinski definition) is 1. The summed E-state index contributed by atoms with van der Waals surface area (Å²) in [5.41, 5.74) is 0.